The molecule has 0 aliphatic carbocycles. The van der Waals surface area contributed by atoms with Crippen molar-refractivity contribution in [1.29, 1.82) is 0 Å². The van der Waals surface area contributed by atoms with Crippen LogP contribution in [0.4, 0.5) is 4.39 Å². The number of carbonyl (C=O) groups excluding carboxylic acids is 1. The summed E-state index contributed by atoms with van der Waals surface area (Å²) in [5.41, 5.74) is -0.0198. The van der Waals surface area contributed by atoms with Crippen molar-refractivity contribution >= 4 is 5.91 Å². The standard InChI is InChI=1S/C15H20FNO3/c1-11-9-12(3-4-13(11)16)14(18)17(2)10-15(19)5-7-20-8-6-15/h3-4,9,19H,5-8,10H2,1-2H3. The molecule has 0 atom stereocenters. The van der Waals surface area contributed by atoms with E-state index < -0.39 is 5.60 Å². The van der Waals surface area contributed by atoms with E-state index in [1.54, 1.807) is 14.0 Å². The van der Waals surface area contributed by atoms with Crippen molar-refractivity contribution in [3.8, 4) is 0 Å². The van der Waals surface area contributed by atoms with Crippen LogP contribution in [0.3, 0.4) is 0 Å². The van der Waals surface area contributed by atoms with Crippen molar-refractivity contribution in [3.05, 3.63) is 35.1 Å². The number of ether oxygens (including phenoxy) is 1. The molecule has 2 rings (SSSR count). The molecule has 20 heavy (non-hydrogen) atoms. The fraction of sp³-hybridized carbons (Fsp3) is 0.533. The van der Waals surface area contributed by atoms with Gasteiger partial charge < -0.3 is 14.7 Å². The van der Waals surface area contributed by atoms with Crippen LogP contribution in [-0.2, 0) is 4.74 Å². The second kappa shape index (κ2) is 5.89. The molecule has 1 heterocycles. The zero-order valence-corrected chi connectivity index (χ0v) is 11.9. The zero-order chi connectivity index (χ0) is 14.8. The van der Waals surface area contributed by atoms with Crippen LogP contribution in [0.25, 0.3) is 0 Å². The van der Waals surface area contributed by atoms with E-state index in [4.69, 9.17) is 4.74 Å². The lowest BCUT2D eigenvalue weighted by atomic mass is 9.93. The summed E-state index contributed by atoms with van der Waals surface area (Å²) in [4.78, 5) is 13.8. The quantitative estimate of drug-likeness (QED) is 0.918. The Labute approximate surface area is 118 Å². The first kappa shape index (κ1) is 14.9. The van der Waals surface area contributed by atoms with Gasteiger partial charge in [-0.05, 0) is 30.7 Å². The maximum atomic E-state index is 13.2. The van der Waals surface area contributed by atoms with Crippen LogP contribution in [0.2, 0.25) is 0 Å². The smallest absolute Gasteiger partial charge is 0.253 e. The minimum absolute atomic E-state index is 0.215. The lowest BCUT2D eigenvalue weighted by Crippen LogP contribution is -2.47. The molecule has 1 aliphatic rings. The van der Waals surface area contributed by atoms with Gasteiger partial charge in [0, 0.05) is 45.2 Å². The summed E-state index contributed by atoms with van der Waals surface area (Å²) < 4.78 is 18.4. The van der Waals surface area contributed by atoms with Crippen molar-refractivity contribution < 1.29 is 19.0 Å². The number of aliphatic hydroxyl groups is 1. The minimum Gasteiger partial charge on any atom is -0.388 e. The molecule has 1 aromatic rings. The Hall–Kier alpha value is -1.46. The van der Waals surface area contributed by atoms with Gasteiger partial charge in [0.1, 0.15) is 5.82 Å². The highest BCUT2D eigenvalue weighted by Gasteiger charge is 2.32. The maximum Gasteiger partial charge on any atom is 0.253 e. The molecule has 5 heteroatoms. The van der Waals surface area contributed by atoms with Gasteiger partial charge in [0.15, 0.2) is 0 Å². The first-order chi connectivity index (χ1) is 9.41. The number of aryl methyl sites for hydroxylation is 1. The molecule has 1 aliphatic heterocycles. The van der Waals surface area contributed by atoms with Gasteiger partial charge in [0.05, 0.1) is 5.60 Å². The average molecular weight is 281 g/mol. The first-order valence-corrected chi connectivity index (χ1v) is 6.73. The SMILES string of the molecule is Cc1cc(C(=O)N(C)CC2(O)CCOCC2)ccc1F. The highest BCUT2D eigenvalue weighted by molar-refractivity contribution is 5.94. The van der Waals surface area contributed by atoms with Gasteiger partial charge in [-0.2, -0.15) is 0 Å². The predicted molar refractivity (Wildman–Crippen MR) is 73.1 cm³/mol. The van der Waals surface area contributed by atoms with Crippen LogP contribution in [0.1, 0.15) is 28.8 Å². The topological polar surface area (TPSA) is 49.8 Å². The number of benzene rings is 1. The Morgan fingerprint density at radius 2 is 2.10 bits per heavy atom. The van der Waals surface area contributed by atoms with Crippen LogP contribution in [0, 0.1) is 12.7 Å². The lowest BCUT2D eigenvalue weighted by Gasteiger charge is -2.35. The molecule has 110 valence electrons. The number of carbonyl (C=O) groups is 1. The molecule has 0 bridgehead atoms. The van der Waals surface area contributed by atoms with E-state index in [0.717, 1.165) is 0 Å². The zero-order valence-electron chi connectivity index (χ0n) is 11.9. The number of amides is 1. The minimum atomic E-state index is -0.891. The fourth-order valence-corrected chi connectivity index (χ4v) is 2.42. The molecular weight excluding hydrogens is 261 g/mol. The highest BCUT2D eigenvalue weighted by Crippen LogP contribution is 2.22. The molecule has 0 aromatic heterocycles. The molecular formula is C15H20FNO3. The summed E-state index contributed by atoms with van der Waals surface area (Å²) in [7, 11) is 1.65. The number of rotatable bonds is 3. The number of hydrogen-bond donors (Lipinski definition) is 1. The Bertz CT molecular complexity index is 498. The van der Waals surface area contributed by atoms with Gasteiger partial charge in [-0.25, -0.2) is 4.39 Å². The molecule has 0 radical (unpaired) electrons. The third-order valence-electron chi connectivity index (χ3n) is 3.71. The van der Waals surface area contributed by atoms with E-state index in [9.17, 15) is 14.3 Å². The fourth-order valence-electron chi connectivity index (χ4n) is 2.42. The Morgan fingerprint density at radius 1 is 1.45 bits per heavy atom. The van der Waals surface area contributed by atoms with E-state index in [-0.39, 0.29) is 18.3 Å². The number of hydrogen-bond acceptors (Lipinski definition) is 3. The molecule has 1 N–H and O–H groups in total. The predicted octanol–water partition coefficient (Wildman–Crippen LogP) is 1.75. The van der Waals surface area contributed by atoms with Crippen molar-refractivity contribution in [1.82, 2.24) is 4.90 Å². The van der Waals surface area contributed by atoms with Crippen molar-refractivity contribution in [2.75, 3.05) is 26.8 Å². The second-order valence-corrected chi connectivity index (χ2v) is 5.46. The summed E-state index contributed by atoms with van der Waals surface area (Å²) in [5.74, 6) is -0.541. The van der Waals surface area contributed by atoms with Gasteiger partial charge >= 0.3 is 0 Å². The van der Waals surface area contributed by atoms with Crippen molar-refractivity contribution in [2.45, 2.75) is 25.4 Å². The van der Waals surface area contributed by atoms with Crippen LogP contribution in [-0.4, -0.2) is 48.3 Å². The summed E-state index contributed by atoms with van der Waals surface area (Å²) in [5, 5.41) is 10.4. The van der Waals surface area contributed by atoms with E-state index in [0.29, 0.717) is 37.2 Å². The van der Waals surface area contributed by atoms with E-state index in [2.05, 4.69) is 0 Å². The Balaban J connectivity index is 2.06. The van der Waals surface area contributed by atoms with Gasteiger partial charge in [0.25, 0.3) is 5.91 Å². The second-order valence-electron chi connectivity index (χ2n) is 5.46. The molecule has 0 unspecified atom stereocenters. The first-order valence-electron chi connectivity index (χ1n) is 6.73. The number of halogens is 1. The molecule has 1 saturated heterocycles. The summed E-state index contributed by atoms with van der Waals surface area (Å²) >= 11 is 0. The van der Waals surface area contributed by atoms with E-state index >= 15 is 0 Å². The molecule has 0 saturated carbocycles. The maximum absolute atomic E-state index is 13.2. The van der Waals surface area contributed by atoms with Crippen LogP contribution >= 0.6 is 0 Å². The number of likely N-dealkylation sites (N-methyl/N-ethyl adjacent to an activating group) is 1. The molecule has 1 fully saturated rings. The molecule has 0 spiro atoms. The number of nitrogens with zero attached hydrogens (tertiary/aromatic N) is 1. The largest absolute Gasteiger partial charge is 0.388 e. The van der Waals surface area contributed by atoms with Gasteiger partial charge in [0.2, 0.25) is 0 Å². The average Bonchev–Trinajstić information content (AvgIpc) is 2.41. The normalized spacial score (nSPS) is 17.8. The van der Waals surface area contributed by atoms with E-state index in [1.165, 1.54) is 23.1 Å². The Kier molecular flexibility index (Phi) is 4.40. The van der Waals surface area contributed by atoms with Gasteiger partial charge in [-0.3, -0.25) is 4.79 Å². The van der Waals surface area contributed by atoms with Crippen LogP contribution in [0.5, 0.6) is 0 Å². The van der Waals surface area contributed by atoms with E-state index in [1.807, 2.05) is 0 Å². The monoisotopic (exact) mass is 281 g/mol. The van der Waals surface area contributed by atoms with Crippen molar-refractivity contribution in [3.63, 3.8) is 0 Å². The van der Waals surface area contributed by atoms with Gasteiger partial charge in [-0.1, -0.05) is 0 Å². The molecule has 1 aromatic carbocycles. The van der Waals surface area contributed by atoms with Crippen LogP contribution < -0.4 is 0 Å². The lowest BCUT2D eigenvalue weighted by molar-refractivity contribution is -0.0734. The Morgan fingerprint density at radius 3 is 2.70 bits per heavy atom. The summed E-state index contributed by atoms with van der Waals surface area (Å²) in [6.45, 7) is 2.89. The van der Waals surface area contributed by atoms with Crippen molar-refractivity contribution in [2.24, 2.45) is 0 Å². The molecule has 4 nitrogen and oxygen atoms in total. The molecule has 1 amide bonds. The summed E-state index contributed by atoms with van der Waals surface area (Å²) in [6, 6.07) is 4.29. The van der Waals surface area contributed by atoms with Gasteiger partial charge in [-0.15, -0.1) is 0 Å². The third-order valence-corrected chi connectivity index (χ3v) is 3.71. The van der Waals surface area contributed by atoms with Crippen LogP contribution in [0.15, 0.2) is 18.2 Å². The highest BCUT2D eigenvalue weighted by atomic mass is 19.1. The summed E-state index contributed by atoms with van der Waals surface area (Å²) in [6.07, 6.45) is 1.04. The third kappa shape index (κ3) is 3.35.